The van der Waals surface area contributed by atoms with Gasteiger partial charge in [-0.15, -0.1) is 0 Å². The fourth-order valence-corrected chi connectivity index (χ4v) is 3.66. The molecule has 1 heterocycles. The smallest absolute Gasteiger partial charge is 0.264 e. The molecule has 1 aromatic heterocycles. The molecule has 4 rings (SSSR count). The minimum atomic E-state index is -0.903. The first-order valence-electron chi connectivity index (χ1n) is 10.0. The van der Waals surface area contributed by atoms with Crippen molar-refractivity contribution in [2.24, 2.45) is 5.73 Å². The number of nitrogens with zero attached hydrogens (tertiary/aromatic N) is 1. The third kappa shape index (κ3) is 4.63. The van der Waals surface area contributed by atoms with Crippen molar-refractivity contribution in [3.8, 4) is 11.1 Å². The van der Waals surface area contributed by atoms with Gasteiger partial charge in [0.25, 0.3) is 5.56 Å². The van der Waals surface area contributed by atoms with E-state index in [0.717, 1.165) is 11.1 Å². The largest absolute Gasteiger partial charge is 0.325 e. The van der Waals surface area contributed by atoms with E-state index in [1.165, 1.54) is 24.4 Å². The number of H-pyrrole nitrogens is 1. The van der Waals surface area contributed by atoms with Gasteiger partial charge in [-0.3, -0.25) is 9.59 Å². The SMILES string of the molecule is N[C@H](C(=O)Nc1ccc(-c2cn[nH]c(=O)c2)c(F)c1)C(c1ccccc1)c1ccccc1. The average Bonchev–Trinajstić information content (AvgIpc) is 2.80. The van der Waals surface area contributed by atoms with Crippen LogP contribution in [0.5, 0.6) is 0 Å². The quantitative estimate of drug-likeness (QED) is 0.436. The number of nitrogens with two attached hydrogens (primary N) is 1. The van der Waals surface area contributed by atoms with Crippen molar-refractivity contribution in [3.05, 3.63) is 118 Å². The van der Waals surface area contributed by atoms with E-state index in [2.05, 4.69) is 15.5 Å². The van der Waals surface area contributed by atoms with Gasteiger partial charge in [0, 0.05) is 28.8 Å². The normalized spacial score (nSPS) is 11.8. The topological polar surface area (TPSA) is 101 Å². The summed E-state index contributed by atoms with van der Waals surface area (Å²) in [6.07, 6.45) is 1.36. The Balaban J connectivity index is 1.58. The molecule has 4 aromatic rings. The summed E-state index contributed by atoms with van der Waals surface area (Å²) in [6, 6.07) is 23.7. The molecule has 0 aliphatic heterocycles. The van der Waals surface area contributed by atoms with Crippen molar-refractivity contribution >= 4 is 11.6 Å². The summed E-state index contributed by atoms with van der Waals surface area (Å²) < 4.78 is 14.7. The van der Waals surface area contributed by atoms with Crippen LogP contribution < -0.4 is 16.6 Å². The van der Waals surface area contributed by atoms with E-state index in [1.807, 2.05) is 60.7 Å². The molecule has 0 saturated heterocycles. The molecule has 160 valence electrons. The molecule has 1 atom stereocenters. The molecule has 0 saturated carbocycles. The van der Waals surface area contributed by atoms with Crippen molar-refractivity contribution < 1.29 is 9.18 Å². The highest BCUT2D eigenvalue weighted by molar-refractivity contribution is 5.96. The number of carbonyl (C=O) groups excluding carboxylic acids is 1. The maximum atomic E-state index is 14.7. The number of hydrogen-bond donors (Lipinski definition) is 3. The molecule has 32 heavy (non-hydrogen) atoms. The highest BCUT2D eigenvalue weighted by Gasteiger charge is 2.28. The Hall–Kier alpha value is -4.10. The van der Waals surface area contributed by atoms with Crippen LogP contribution in [0.3, 0.4) is 0 Å². The van der Waals surface area contributed by atoms with Crippen LogP contribution in [0.4, 0.5) is 10.1 Å². The monoisotopic (exact) mass is 428 g/mol. The van der Waals surface area contributed by atoms with Crippen molar-refractivity contribution in [2.45, 2.75) is 12.0 Å². The number of anilines is 1. The summed E-state index contributed by atoms with van der Waals surface area (Å²) in [5.41, 5.74) is 8.59. The van der Waals surface area contributed by atoms with E-state index in [9.17, 15) is 14.0 Å². The van der Waals surface area contributed by atoms with Crippen molar-refractivity contribution in [1.29, 1.82) is 0 Å². The molecule has 0 unspecified atom stereocenters. The lowest BCUT2D eigenvalue weighted by molar-refractivity contribution is -0.117. The van der Waals surface area contributed by atoms with Crippen molar-refractivity contribution in [2.75, 3.05) is 5.32 Å². The number of hydrogen-bond acceptors (Lipinski definition) is 4. The number of aromatic nitrogens is 2. The lowest BCUT2D eigenvalue weighted by atomic mass is 9.85. The first kappa shape index (κ1) is 21.1. The fraction of sp³-hybridized carbons (Fsp3) is 0.0800. The van der Waals surface area contributed by atoms with E-state index in [4.69, 9.17) is 5.73 Å². The molecular formula is C25H21FN4O2. The zero-order chi connectivity index (χ0) is 22.5. The van der Waals surface area contributed by atoms with Gasteiger partial charge in [0.2, 0.25) is 5.91 Å². The summed E-state index contributed by atoms with van der Waals surface area (Å²) in [5.74, 6) is -1.40. The summed E-state index contributed by atoms with van der Waals surface area (Å²) in [4.78, 5) is 24.4. The molecule has 4 N–H and O–H groups in total. The molecule has 1 amide bonds. The first-order valence-corrected chi connectivity index (χ1v) is 10.0. The van der Waals surface area contributed by atoms with Gasteiger partial charge in [0.1, 0.15) is 5.82 Å². The highest BCUT2D eigenvalue weighted by Crippen LogP contribution is 2.28. The number of halogens is 1. The Morgan fingerprint density at radius 2 is 1.56 bits per heavy atom. The Morgan fingerprint density at radius 3 is 2.12 bits per heavy atom. The number of aromatic amines is 1. The molecule has 0 aliphatic carbocycles. The summed E-state index contributed by atoms with van der Waals surface area (Å²) in [6.45, 7) is 0. The first-order chi connectivity index (χ1) is 15.5. The zero-order valence-electron chi connectivity index (χ0n) is 17.0. The van der Waals surface area contributed by atoms with E-state index >= 15 is 0 Å². The molecule has 3 aromatic carbocycles. The maximum Gasteiger partial charge on any atom is 0.264 e. The summed E-state index contributed by atoms with van der Waals surface area (Å²) in [7, 11) is 0. The van der Waals surface area contributed by atoms with Crippen LogP contribution in [0.15, 0.2) is 95.9 Å². The predicted molar refractivity (Wildman–Crippen MR) is 122 cm³/mol. The minimum Gasteiger partial charge on any atom is -0.325 e. The Morgan fingerprint density at radius 1 is 0.938 bits per heavy atom. The second-order valence-electron chi connectivity index (χ2n) is 7.34. The van der Waals surface area contributed by atoms with Crippen LogP contribution in [-0.2, 0) is 4.79 Å². The summed E-state index contributed by atoms with van der Waals surface area (Å²) >= 11 is 0. The van der Waals surface area contributed by atoms with Crippen LogP contribution in [-0.4, -0.2) is 22.1 Å². The maximum absolute atomic E-state index is 14.7. The second kappa shape index (κ2) is 9.36. The van der Waals surface area contributed by atoms with Crippen LogP contribution >= 0.6 is 0 Å². The highest BCUT2D eigenvalue weighted by atomic mass is 19.1. The van der Waals surface area contributed by atoms with Gasteiger partial charge in [0.05, 0.1) is 12.2 Å². The molecule has 0 radical (unpaired) electrons. The molecule has 0 spiro atoms. The summed E-state index contributed by atoms with van der Waals surface area (Å²) in [5, 5.41) is 8.64. The Labute approximate surface area is 183 Å². The van der Waals surface area contributed by atoms with Crippen molar-refractivity contribution in [1.82, 2.24) is 10.2 Å². The molecule has 0 aliphatic rings. The van der Waals surface area contributed by atoms with E-state index < -0.39 is 23.3 Å². The predicted octanol–water partition coefficient (Wildman–Crippen LogP) is 3.67. The van der Waals surface area contributed by atoms with E-state index in [-0.39, 0.29) is 17.2 Å². The van der Waals surface area contributed by atoms with E-state index in [0.29, 0.717) is 5.56 Å². The molecule has 7 heteroatoms. The number of benzene rings is 3. The van der Waals surface area contributed by atoms with Crippen LogP contribution in [0, 0.1) is 5.82 Å². The third-order valence-electron chi connectivity index (χ3n) is 5.19. The zero-order valence-corrected chi connectivity index (χ0v) is 17.0. The van der Waals surface area contributed by atoms with Gasteiger partial charge >= 0.3 is 0 Å². The molecule has 0 bridgehead atoms. The standard InChI is InChI=1S/C25H21FN4O2/c26-21-14-19(11-12-20(21)18-13-22(31)30-28-15-18)29-25(32)24(27)23(16-7-3-1-4-8-16)17-9-5-2-6-10-17/h1-15,23-24H,27H2,(H,29,32)(H,30,31)/t24-/m0/s1. The number of carbonyl (C=O) groups is 1. The van der Waals surface area contributed by atoms with Gasteiger partial charge in [0.15, 0.2) is 0 Å². The van der Waals surface area contributed by atoms with Gasteiger partial charge in [-0.05, 0) is 29.3 Å². The number of amides is 1. The van der Waals surface area contributed by atoms with Gasteiger partial charge in [-0.1, -0.05) is 60.7 Å². The number of rotatable bonds is 6. The van der Waals surface area contributed by atoms with Gasteiger partial charge in [-0.25, -0.2) is 9.49 Å². The fourth-order valence-electron chi connectivity index (χ4n) is 3.66. The lowest BCUT2D eigenvalue weighted by Crippen LogP contribution is -2.41. The van der Waals surface area contributed by atoms with E-state index in [1.54, 1.807) is 6.07 Å². The average molecular weight is 428 g/mol. The van der Waals surface area contributed by atoms with Crippen LogP contribution in [0.1, 0.15) is 17.0 Å². The van der Waals surface area contributed by atoms with Crippen LogP contribution in [0.2, 0.25) is 0 Å². The van der Waals surface area contributed by atoms with Gasteiger partial charge < -0.3 is 11.1 Å². The third-order valence-corrected chi connectivity index (χ3v) is 5.19. The van der Waals surface area contributed by atoms with Gasteiger partial charge in [-0.2, -0.15) is 5.10 Å². The number of nitrogens with one attached hydrogen (secondary N) is 2. The Bertz CT molecular complexity index is 1240. The molecule has 0 fully saturated rings. The lowest BCUT2D eigenvalue weighted by Gasteiger charge is -2.24. The molecular weight excluding hydrogens is 407 g/mol. The van der Waals surface area contributed by atoms with Crippen LogP contribution in [0.25, 0.3) is 11.1 Å². The Kier molecular flexibility index (Phi) is 6.19. The second-order valence-corrected chi connectivity index (χ2v) is 7.34. The van der Waals surface area contributed by atoms with Crippen molar-refractivity contribution in [3.63, 3.8) is 0 Å². The molecule has 6 nitrogen and oxygen atoms in total. The minimum absolute atomic E-state index is 0.206.